The molecule has 0 aromatic rings. The summed E-state index contributed by atoms with van der Waals surface area (Å²) in [6.45, 7) is 4.86. The standard InChI is InChI=1S/C8H20N2O/c1-6(2)8(10)7(9)4-5-11-3/h6-8H,4-5,9-10H2,1-3H3. The number of hydrogen-bond acceptors (Lipinski definition) is 3. The van der Waals surface area contributed by atoms with Gasteiger partial charge in [0.2, 0.25) is 0 Å². The first kappa shape index (κ1) is 10.9. The van der Waals surface area contributed by atoms with Crippen LogP contribution in [0.25, 0.3) is 0 Å². The van der Waals surface area contributed by atoms with Crippen LogP contribution in [0.5, 0.6) is 0 Å². The SMILES string of the molecule is COCCC(N)C(N)C(C)C. The highest BCUT2D eigenvalue weighted by Crippen LogP contribution is 2.04. The second-order valence-electron chi connectivity index (χ2n) is 3.27. The second kappa shape index (κ2) is 5.52. The van der Waals surface area contributed by atoms with E-state index >= 15 is 0 Å². The van der Waals surface area contributed by atoms with Crippen molar-refractivity contribution in [3.8, 4) is 0 Å². The van der Waals surface area contributed by atoms with Gasteiger partial charge in [-0.05, 0) is 12.3 Å². The Labute approximate surface area is 69.1 Å². The maximum absolute atomic E-state index is 5.82. The fourth-order valence-corrected chi connectivity index (χ4v) is 0.941. The molecule has 0 heterocycles. The van der Waals surface area contributed by atoms with E-state index in [4.69, 9.17) is 16.2 Å². The summed E-state index contributed by atoms with van der Waals surface area (Å²) in [4.78, 5) is 0. The van der Waals surface area contributed by atoms with Gasteiger partial charge in [-0.15, -0.1) is 0 Å². The number of methoxy groups -OCH3 is 1. The number of hydrogen-bond donors (Lipinski definition) is 2. The average Bonchev–Trinajstić information content (AvgIpc) is 1.98. The normalized spacial score (nSPS) is 16.9. The third-order valence-corrected chi connectivity index (χ3v) is 1.92. The summed E-state index contributed by atoms with van der Waals surface area (Å²) in [6, 6.07) is 0.153. The first-order valence-electron chi connectivity index (χ1n) is 4.09. The van der Waals surface area contributed by atoms with Crippen LogP contribution >= 0.6 is 0 Å². The first-order valence-corrected chi connectivity index (χ1v) is 4.09. The minimum atomic E-state index is 0.0648. The molecule has 3 nitrogen and oxygen atoms in total. The largest absolute Gasteiger partial charge is 0.385 e. The fraction of sp³-hybridized carbons (Fsp3) is 1.00. The second-order valence-corrected chi connectivity index (χ2v) is 3.27. The topological polar surface area (TPSA) is 61.3 Å². The smallest absolute Gasteiger partial charge is 0.0477 e. The van der Waals surface area contributed by atoms with Crippen LogP contribution < -0.4 is 11.5 Å². The summed E-state index contributed by atoms with van der Waals surface area (Å²) in [5.74, 6) is 0.446. The van der Waals surface area contributed by atoms with Crippen LogP contribution in [0, 0.1) is 5.92 Å². The van der Waals surface area contributed by atoms with Crippen LogP contribution in [-0.2, 0) is 4.74 Å². The van der Waals surface area contributed by atoms with Crippen molar-refractivity contribution >= 4 is 0 Å². The predicted molar refractivity (Wildman–Crippen MR) is 47.3 cm³/mol. The third-order valence-electron chi connectivity index (χ3n) is 1.92. The summed E-state index contributed by atoms with van der Waals surface area (Å²) in [7, 11) is 1.67. The molecular weight excluding hydrogens is 140 g/mol. The minimum Gasteiger partial charge on any atom is -0.385 e. The maximum Gasteiger partial charge on any atom is 0.0477 e. The zero-order valence-electron chi connectivity index (χ0n) is 7.71. The Balaban J connectivity index is 3.55. The molecule has 4 N–H and O–H groups in total. The molecular formula is C8H20N2O. The molecule has 0 radical (unpaired) electrons. The van der Waals surface area contributed by atoms with Crippen LogP contribution in [0.15, 0.2) is 0 Å². The van der Waals surface area contributed by atoms with E-state index in [1.54, 1.807) is 7.11 Å². The van der Waals surface area contributed by atoms with Gasteiger partial charge >= 0.3 is 0 Å². The summed E-state index contributed by atoms with van der Waals surface area (Å²) in [5, 5.41) is 0. The van der Waals surface area contributed by atoms with Crippen LogP contribution in [0.3, 0.4) is 0 Å². The highest BCUT2D eigenvalue weighted by atomic mass is 16.5. The maximum atomic E-state index is 5.82. The first-order chi connectivity index (χ1) is 5.09. The molecule has 0 aliphatic carbocycles. The van der Waals surface area contributed by atoms with Gasteiger partial charge in [0.1, 0.15) is 0 Å². The number of ether oxygens (including phenoxy) is 1. The molecule has 0 aliphatic rings. The highest BCUT2D eigenvalue weighted by Gasteiger charge is 2.15. The van der Waals surface area contributed by atoms with E-state index in [1.165, 1.54) is 0 Å². The predicted octanol–water partition coefficient (Wildman–Crippen LogP) is 0.334. The van der Waals surface area contributed by atoms with Gasteiger partial charge in [-0.25, -0.2) is 0 Å². The lowest BCUT2D eigenvalue weighted by Gasteiger charge is -2.22. The molecule has 2 atom stereocenters. The van der Waals surface area contributed by atoms with Crippen LogP contribution in [0.1, 0.15) is 20.3 Å². The van der Waals surface area contributed by atoms with Gasteiger partial charge in [-0.3, -0.25) is 0 Å². The van der Waals surface area contributed by atoms with Gasteiger partial charge < -0.3 is 16.2 Å². The number of nitrogens with two attached hydrogens (primary N) is 2. The van der Waals surface area contributed by atoms with Gasteiger partial charge in [0.15, 0.2) is 0 Å². The van der Waals surface area contributed by atoms with Crippen LogP contribution in [0.2, 0.25) is 0 Å². The van der Waals surface area contributed by atoms with E-state index in [9.17, 15) is 0 Å². The monoisotopic (exact) mass is 160 g/mol. The highest BCUT2D eigenvalue weighted by molar-refractivity contribution is 4.78. The molecule has 0 fully saturated rings. The molecule has 0 amide bonds. The Bertz CT molecular complexity index is 96.1. The Morgan fingerprint density at radius 1 is 1.27 bits per heavy atom. The lowest BCUT2D eigenvalue weighted by atomic mass is 9.96. The van der Waals surface area contributed by atoms with Crippen molar-refractivity contribution in [1.82, 2.24) is 0 Å². The molecule has 0 aromatic carbocycles. The van der Waals surface area contributed by atoms with Crippen molar-refractivity contribution < 1.29 is 4.74 Å². The average molecular weight is 160 g/mol. The van der Waals surface area contributed by atoms with Crippen molar-refractivity contribution in [3.63, 3.8) is 0 Å². The molecule has 0 rings (SSSR count). The molecule has 11 heavy (non-hydrogen) atoms. The van der Waals surface area contributed by atoms with E-state index in [0.29, 0.717) is 12.5 Å². The van der Waals surface area contributed by atoms with Crippen LogP contribution in [0.4, 0.5) is 0 Å². The molecule has 0 saturated carbocycles. The summed E-state index contributed by atoms with van der Waals surface area (Å²) in [5.41, 5.74) is 11.6. The quantitative estimate of drug-likeness (QED) is 0.609. The lowest BCUT2D eigenvalue weighted by Crippen LogP contribution is -2.45. The van der Waals surface area contributed by atoms with Gasteiger partial charge in [0, 0.05) is 25.8 Å². The molecule has 0 aromatic heterocycles. The van der Waals surface area contributed by atoms with Crippen LogP contribution in [-0.4, -0.2) is 25.8 Å². The van der Waals surface area contributed by atoms with Gasteiger partial charge in [-0.1, -0.05) is 13.8 Å². The molecule has 0 bridgehead atoms. The van der Waals surface area contributed by atoms with Crippen molar-refractivity contribution in [1.29, 1.82) is 0 Å². The van der Waals surface area contributed by atoms with Crippen molar-refractivity contribution in [2.75, 3.05) is 13.7 Å². The summed E-state index contributed by atoms with van der Waals surface area (Å²) >= 11 is 0. The van der Waals surface area contributed by atoms with Crippen molar-refractivity contribution in [3.05, 3.63) is 0 Å². The molecule has 0 saturated heterocycles. The molecule has 2 unspecified atom stereocenters. The third kappa shape index (κ3) is 4.35. The molecule has 0 spiro atoms. The van der Waals surface area contributed by atoms with E-state index in [1.807, 2.05) is 0 Å². The van der Waals surface area contributed by atoms with E-state index in [2.05, 4.69) is 13.8 Å². The van der Waals surface area contributed by atoms with Crippen molar-refractivity contribution in [2.24, 2.45) is 17.4 Å². The Morgan fingerprint density at radius 2 is 1.82 bits per heavy atom. The zero-order chi connectivity index (χ0) is 8.85. The minimum absolute atomic E-state index is 0.0648. The Morgan fingerprint density at radius 3 is 2.18 bits per heavy atom. The molecule has 68 valence electrons. The lowest BCUT2D eigenvalue weighted by molar-refractivity contribution is 0.181. The summed E-state index contributed by atoms with van der Waals surface area (Å²) in [6.07, 6.45) is 0.843. The Hall–Kier alpha value is -0.120. The molecule has 0 aliphatic heterocycles. The van der Waals surface area contributed by atoms with E-state index in [-0.39, 0.29) is 12.1 Å². The van der Waals surface area contributed by atoms with E-state index in [0.717, 1.165) is 6.42 Å². The van der Waals surface area contributed by atoms with Gasteiger partial charge in [0.05, 0.1) is 0 Å². The van der Waals surface area contributed by atoms with Gasteiger partial charge in [-0.2, -0.15) is 0 Å². The van der Waals surface area contributed by atoms with Crippen molar-refractivity contribution in [2.45, 2.75) is 32.4 Å². The van der Waals surface area contributed by atoms with Gasteiger partial charge in [0.25, 0.3) is 0 Å². The van der Waals surface area contributed by atoms with E-state index < -0.39 is 0 Å². The zero-order valence-corrected chi connectivity index (χ0v) is 7.71. The fourth-order valence-electron chi connectivity index (χ4n) is 0.941. The number of rotatable bonds is 5. The Kier molecular flexibility index (Phi) is 5.46. The summed E-state index contributed by atoms with van der Waals surface area (Å²) < 4.78 is 4.91. The molecule has 3 heteroatoms.